The van der Waals surface area contributed by atoms with Crippen LogP contribution in [0.15, 0.2) is 0 Å². The largest absolute Gasteiger partial charge is 0.480 e. The Morgan fingerprint density at radius 2 is 2.00 bits per heavy atom. The van der Waals surface area contributed by atoms with E-state index in [0.717, 1.165) is 11.2 Å². The molecule has 0 aliphatic heterocycles. The SMILES string of the molecule is CSCC[C@H](NC(=O)N(C)CCS(C)(=O)=O)C(=O)O. The summed E-state index contributed by atoms with van der Waals surface area (Å²) in [7, 11) is -1.73. The van der Waals surface area contributed by atoms with Gasteiger partial charge in [0.25, 0.3) is 0 Å². The summed E-state index contributed by atoms with van der Waals surface area (Å²) < 4.78 is 21.9. The Labute approximate surface area is 117 Å². The van der Waals surface area contributed by atoms with Crippen LogP contribution in [0.1, 0.15) is 6.42 Å². The van der Waals surface area contributed by atoms with Gasteiger partial charge in [0.1, 0.15) is 15.9 Å². The van der Waals surface area contributed by atoms with Gasteiger partial charge in [-0.3, -0.25) is 0 Å². The fraction of sp³-hybridized carbons (Fsp3) is 0.800. The maximum absolute atomic E-state index is 11.7. The zero-order valence-corrected chi connectivity index (χ0v) is 12.9. The molecule has 1 atom stereocenters. The zero-order chi connectivity index (χ0) is 15.1. The Balaban J connectivity index is 4.34. The number of sulfone groups is 1. The predicted octanol–water partition coefficient (Wildman–Crippen LogP) is -0.121. The summed E-state index contributed by atoms with van der Waals surface area (Å²) in [5.74, 6) is -0.636. The van der Waals surface area contributed by atoms with Crippen LogP contribution in [-0.4, -0.2) is 74.1 Å². The van der Waals surface area contributed by atoms with Gasteiger partial charge in [0, 0.05) is 19.8 Å². The second-order valence-electron chi connectivity index (χ2n) is 4.17. The fourth-order valence-electron chi connectivity index (χ4n) is 1.16. The van der Waals surface area contributed by atoms with Crippen molar-refractivity contribution in [3.63, 3.8) is 0 Å². The quantitative estimate of drug-likeness (QED) is 0.647. The third-order valence-electron chi connectivity index (χ3n) is 2.35. The maximum atomic E-state index is 11.7. The van der Waals surface area contributed by atoms with Crippen molar-refractivity contribution in [1.29, 1.82) is 0 Å². The van der Waals surface area contributed by atoms with Gasteiger partial charge >= 0.3 is 12.0 Å². The van der Waals surface area contributed by atoms with E-state index in [9.17, 15) is 18.0 Å². The highest BCUT2D eigenvalue weighted by atomic mass is 32.2. The van der Waals surface area contributed by atoms with Crippen LogP contribution < -0.4 is 5.32 Å². The lowest BCUT2D eigenvalue weighted by Crippen LogP contribution is -2.47. The minimum Gasteiger partial charge on any atom is -0.480 e. The molecular formula is C10H20N2O5S2. The lowest BCUT2D eigenvalue weighted by molar-refractivity contribution is -0.139. The number of urea groups is 1. The highest BCUT2D eigenvalue weighted by Gasteiger charge is 2.21. The molecule has 2 N–H and O–H groups in total. The maximum Gasteiger partial charge on any atom is 0.326 e. The van der Waals surface area contributed by atoms with E-state index in [4.69, 9.17) is 5.11 Å². The molecule has 0 aromatic carbocycles. The third-order valence-corrected chi connectivity index (χ3v) is 3.92. The molecule has 0 aliphatic rings. The minimum absolute atomic E-state index is 0.0273. The number of amides is 2. The normalized spacial score (nSPS) is 12.8. The average Bonchev–Trinajstić information content (AvgIpc) is 2.29. The van der Waals surface area contributed by atoms with E-state index in [0.29, 0.717) is 12.2 Å². The third kappa shape index (κ3) is 8.71. The Morgan fingerprint density at radius 3 is 2.42 bits per heavy atom. The molecule has 0 unspecified atom stereocenters. The van der Waals surface area contributed by atoms with E-state index in [2.05, 4.69) is 5.32 Å². The molecular weight excluding hydrogens is 292 g/mol. The van der Waals surface area contributed by atoms with Crippen molar-refractivity contribution in [2.24, 2.45) is 0 Å². The summed E-state index contributed by atoms with van der Waals surface area (Å²) in [4.78, 5) is 23.8. The molecule has 0 aromatic heterocycles. The van der Waals surface area contributed by atoms with Crippen LogP contribution in [0.4, 0.5) is 4.79 Å². The summed E-state index contributed by atoms with van der Waals surface area (Å²) in [5, 5.41) is 11.3. The van der Waals surface area contributed by atoms with Crippen LogP contribution in [-0.2, 0) is 14.6 Å². The number of aliphatic carboxylic acids is 1. The molecule has 112 valence electrons. The van der Waals surface area contributed by atoms with Gasteiger partial charge in [0.2, 0.25) is 0 Å². The number of carbonyl (C=O) groups excluding carboxylic acids is 1. The topological polar surface area (TPSA) is 104 Å². The first kappa shape index (κ1) is 18.0. The number of hydrogen-bond acceptors (Lipinski definition) is 5. The number of nitrogens with one attached hydrogen (secondary N) is 1. The molecule has 0 saturated carbocycles. The number of carboxylic acid groups (broad SMARTS) is 1. The molecule has 0 saturated heterocycles. The van der Waals surface area contributed by atoms with Crippen molar-refractivity contribution in [2.45, 2.75) is 12.5 Å². The average molecular weight is 312 g/mol. The van der Waals surface area contributed by atoms with Gasteiger partial charge in [-0.1, -0.05) is 0 Å². The standard InChI is InChI=1S/C10H20N2O5S2/c1-12(5-7-19(3,16)17)10(15)11-8(9(13)14)4-6-18-2/h8H,4-7H2,1-3H3,(H,11,15)(H,13,14)/t8-/m0/s1. The first-order chi connectivity index (χ1) is 8.67. The molecule has 0 heterocycles. The number of carbonyl (C=O) groups is 2. The number of rotatable bonds is 8. The van der Waals surface area contributed by atoms with E-state index in [1.807, 2.05) is 6.26 Å². The van der Waals surface area contributed by atoms with Gasteiger partial charge in [-0.15, -0.1) is 0 Å². The van der Waals surface area contributed by atoms with E-state index >= 15 is 0 Å². The second kappa shape index (κ2) is 8.26. The Hall–Kier alpha value is -0.960. The van der Waals surface area contributed by atoms with Gasteiger partial charge < -0.3 is 15.3 Å². The molecule has 19 heavy (non-hydrogen) atoms. The van der Waals surface area contributed by atoms with Crippen molar-refractivity contribution >= 4 is 33.6 Å². The molecule has 2 amide bonds. The van der Waals surface area contributed by atoms with Crippen molar-refractivity contribution in [3.05, 3.63) is 0 Å². The van der Waals surface area contributed by atoms with Crippen molar-refractivity contribution in [1.82, 2.24) is 10.2 Å². The molecule has 0 aliphatic carbocycles. The Kier molecular flexibility index (Phi) is 7.84. The van der Waals surface area contributed by atoms with Crippen LogP contribution >= 0.6 is 11.8 Å². The summed E-state index contributed by atoms with van der Waals surface area (Å²) in [6.45, 7) is 0.0273. The van der Waals surface area contributed by atoms with Crippen LogP contribution in [0, 0.1) is 0 Å². The Bertz CT molecular complexity index is 410. The second-order valence-corrected chi connectivity index (χ2v) is 7.42. The number of hydrogen-bond donors (Lipinski definition) is 2. The zero-order valence-electron chi connectivity index (χ0n) is 11.2. The summed E-state index contributed by atoms with van der Waals surface area (Å²) in [5.41, 5.74) is 0. The van der Waals surface area contributed by atoms with Gasteiger partial charge in [0.15, 0.2) is 0 Å². The van der Waals surface area contributed by atoms with Crippen LogP contribution in [0.5, 0.6) is 0 Å². The molecule has 0 rings (SSSR count). The first-order valence-corrected chi connectivity index (χ1v) is 9.04. The predicted molar refractivity (Wildman–Crippen MR) is 75.3 cm³/mol. The van der Waals surface area contributed by atoms with Crippen molar-refractivity contribution in [2.75, 3.05) is 37.6 Å². The molecule has 0 spiro atoms. The van der Waals surface area contributed by atoms with Gasteiger partial charge in [0.05, 0.1) is 5.75 Å². The lowest BCUT2D eigenvalue weighted by atomic mass is 10.2. The molecule has 9 heteroatoms. The summed E-state index contributed by atoms with van der Waals surface area (Å²) in [6.07, 6.45) is 3.25. The number of thioether (sulfide) groups is 1. The van der Waals surface area contributed by atoms with Crippen molar-refractivity contribution in [3.8, 4) is 0 Å². The number of carboxylic acids is 1. The number of nitrogens with zero attached hydrogens (tertiary/aromatic N) is 1. The van der Waals surface area contributed by atoms with E-state index in [-0.39, 0.29) is 12.3 Å². The highest BCUT2D eigenvalue weighted by Crippen LogP contribution is 2.02. The van der Waals surface area contributed by atoms with E-state index in [1.165, 1.54) is 18.8 Å². The van der Waals surface area contributed by atoms with Crippen LogP contribution in [0.3, 0.4) is 0 Å². The summed E-state index contributed by atoms with van der Waals surface area (Å²) >= 11 is 1.49. The van der Waals surface area contributed by atoms with E-state index in [1.54, 1.807) is 0 Å². The van der Waals surface area contributed by atoms with Gasteiger partial charge in [-0.2, -0.15) is 11.8 Å². The smallest absolute Gasteiger partial charge is 0.326 e. The van der Waals surface area contributed by atoms with Gasteiger partial charge in [-0.25, -0.2) is 18.0 Å². The summed E-state index contributed by atoms with van der Waals surface area (Å²) in [6, 6.07) is -1.54. The molecule has 0 fully saturated rings. The molecule has 0 bridgehead atoms. The van der Waals surface area contributed by atoms with Gasteiger partial charge in [-0.05, 0) is 18.4 Å². The fourth-order valence-corrected chi connectivity index (χ4v) is 2.23. The Morgan fingerprint density at radius 1 is 1.42 bits per heavy atom. The minimum atomic E-state index is -3.15. The monoisotopic (exact) mass is 312 g/mol. The van der Waals surface area contributed by atoms with Crippen molar-refractivity contribution < 1.29 is 23.1 Å². The van der Waals surface area contributed by atoms with E-state index < -0.39 is 27.9 Å². The lowest BCUT2D eigenvalue weighted by Gasteiger charge is -2.21. The van der Waals surface area contributed by atoms with Crippen LogP contribution in [0.25, 0.3) is 0 Å². The van der Waals surface area contributed by atoms with Crippen LogP contribution in [0.2, 0.25) is 0 Å². The first-order valence-electron chi connectivity index (χ1n) is 5.58. The molecule has 0 aromatic rings. The molecule has 0 radical (unpaired) electrons. The molecule has 7 nitrogen and oxygen atoms in total. The highest BCUT2D eigenvalue weighted by molar-refractivity contribution is 7.98.